The first kappa shape index (κ1) is 32.2. The summed E-state index contributed by atoms with van der Waals surface area (Å²) >= 11 is 1.45. The van der Waals surface area contributed by atoms with Gasteiger partial charge in [0.2, 0.25) is 11.8 Å². The number of nitrogens with zero attached hydrogens (tertiary/aromatic N) is 6. The molecule has 1 aromatic carbocycles. The van der Waals surface area contributed by atoms with Crippen LogP contribution in [-0.2, 0) is 20.9 Å². The largest absolute Gasteiger partial charge is 0.490 e. The van der Waals surface area contributed by atoms with Crippen LogP contribution in [0.15, 0.2) is 42.3 Å². The Morgan fingerprint density at radius 2 is 1.94 bits per heavy atom. The van der Waals surface area contributed by atoms with Gasteiger partial charge in [0.1, 0.15) is 41.2 Å². The molecule has 10 nitrogen and oxygen atoms in total. The molecular weight excluding hydrogens is 638 g/mol. The van der Waals surface area contributed by atoms with Gasteiger partial charge in [-0.15, -0.1) is 11.3 Å². The lowest BCUT2D eigenvalue weighted by Crippen LogP contribution is -2.63. The lowest BCUT2D eigenvalue weighted by atomic mass is 9.73. The molecule has 1 spiro atoms. The molecule has 7 rings (SSSR count). The summed E-state index contributed by atoms with van der Waals surface area (Å²) in [6.07, 6.45) is 3.29. The zero-order chi connectivity index (χ0) is 33.7. The molecule has 2 amide bonds. The molecule has 3 aliphatic rings. The summed E-state index contributed by atoms with van der Waals surface area (Å²) in [7, 11) is 1.53. The van der Waals surface area contributed by atoms with Crippen molar-refractivity contribution < 1.29 is 27.8 Å². The van der Waals surface area contributed by atoms with E-state index in [0.29, 0.717) is 36.6 Å². The average Bonchev–Trinajstić information content (AvgIpc) is 3.72. The Hall–Kier alpha value is -4.36. The van der Waals surface area contributed by atoms with Crippen molar-refractivity contribution in [2.24, 2.45) is 5.41 Å². The zero-order valence-corrected chi connectivity index (χ0v) is 28.1. The SMILES string of the molecule is C=CC(=O)N1CCn2nc(-c3nc(N4CC5(CCCN(C(C)=O)C5)C4)c4ccsc4c3-c3c(F)cc(F)cc3OCCOC)cc2[C@H]1C. The molecule has 0 bridgehead atoms. The van der Waals surface area contributed by atoms with Crippen molar-refractivity contribution in [3.63, 3.8) is 0 Å². The number of pyridine rings is 1. The number of amides is 2. The minimum absolute atomic E-state index is 0.0116. The number of benzene rings is 1. The van der Waals surface area contributed by atoms with Gasteiger partial charge in [-0.1, -0.05) is 6.58 Å². The van der Waals surface area contributed by atoms with Crippen molar-refractivity contribution in [1.29, 1.82) is 0 Å². The van der Waals surface area contributed by atoms with E-state index in [1.165, 1.54) is 30.6 Å². The second-order valence-corrected chi connectivity index (χ2v) is 13.8. The maximum atomic E-state index is 16.1. The van der Waals surface area contributed by atoms with Crippen LogP contribution in [-0.4, -0.2) is 89.4 Å². The smallest absolute Gasteiger partial charge is 0.246 e. The second kappa shape index (κ2) is 12.6. The highest BCUT2D eigenvalue weighted by atomic mass is 32.1. The quantitative estimate of drug-likeness (QED) is 0.176. The van der Waals surface area contributed by atoms with Gasteiger partial charge in [-0.2, -0.15) is 5.10 Å². The summed E-state index contributed by atoms with van der Waals surface area (Å²) in [5.74, 6) is -0.807. The molecule has 4 aromatic rings. The maximum absolute atomic E-state index is 16.1. The number of halogens is 2. The number of hydrogen-bond acceptors (Lipinski definition) is 8. The zero-order valence-electron chi connectivity index (χ0n) is 27.3. The van der Waals surface area contributed by atoms with Crippen molar-refractivity contribution in [2.75, 3.05) is 57.9 Å². The van der Waals surface area contributed by atoms with Gasteiger partial charge in [-0.05, 0) is 43.4 Å². The molecule has 0 aliphatic carbocycles. The number of carbonyl (C=O) groups is 2. The van der Waals surface area contributed by atoms with E-state index in [1.807, 2.05) is 34.0 Å². The summed E-state index contributed by atoms with van der Waals surface area (Å²) in [5, 5.41) is 7.75. The van der Waals surface area contributed by atoms with E-state index in [4.69, 9.17) is 19.6 Å². The Kier molecular flexibility index (Phi) is 8.44. The first-order valence-electron chi connectivity index (χ1n) is 16.2. The van der Waals surface area contributed by atoms with Crippen molar-refractivity contribution in [3.05, 3.63) is 59.6 Å². The van der Waals surface area contributed by atoms with E-state index >= 15 is 4.39 Å². The van der Waals surface area contributed by atoms with Gasteiger partial charge >= 0.3 is 0 Å². The first-order chi connectivity index (χ1) is 23.1. The predicted octanol–water partition coefficient (Wildman–Crippen LogP) is 5.67. The van der Waals surface area contributed by atoms with Crippen LogP contribution in [0.5, 0.6) is 5.75 Å². The molecule has 3 aromatic heterocycles. The average molecular weight is 677 g/mol. The third-order valence-corrected chi connectivity index (χ3v) is 10.8. The number of thiophene rings is 1. The fourth-order valence-electron chi connectivity index (χ4n) is 7.49. The van der Waals surface area contributed by atoms with Crippen LogP contribution in [0, 0.1) is 17.0 Å². The number of ether oxygens (including phenoxy) is 2. The topological polar surface area (TPSA) is 93.0 Å². The maximum Gasteiger partial charge on any atom is 0.246 e. The highest BCUT2D eigenvalue weighted by Gasteiger charge is 2.47. The minimum atomic E-state index is -0.776. The van der Waals surface area contributed by atoms with E-state index < -0.39 is 11.6 Å². The normalized spacial score (nSPS) is 18.6. The molecule has 0 N–H and O–H groups in total. The summed E-state index contributed by atoms with van der Waals surface area (Å²) in [6, 6.07) is 5.65. The fraction of sp³-hybridized carbons (Fsp3) is 0.429. The van der Waals surface area contributed by atoms with Crippen LogP contribution in [0.2, 0.25) is 0 Å². The Bertz CT molecular complexity index is 1920. The standard InChI is InChI=1S/C35H38F2N6O4S/c1-5-29(45)42-10-11-43-27(21(42)2)17-26(39-43)32-31(30-25(37)15-23(36)16-28(30)47-13-12-46-4)33-24(7-14-48-33)34(38-32)41-19-35(20-41)8-6-9-40(18-35)22(3)44/h5,7,14-17,21H,1,6,8-13,18-20H2,2-4H3/t21-/m1/s1. The number of anilines is 1. The van der Waals surface area contributed by atoms with Crippen LogP contribution in [0.4, 0.5) is 14.6 Å². The summed E-state index contributed by atoms with van der Waals surface area (Å²) in [5.41, 5.74) is 2.32. The van der Waals surface area contributed by atoms with Gasteiger partial charge in [0.05, 0.1) is 30.5 Å². The Balaban J connectivity index is 1.39. The molecule has 48 heavy (non-hydrogen) atoms. The van der Waals surface area contributed by atoms with Crippen molar-refractivity contribution in [3.8, 4) is 28.3 Å². The highest BCUT2D eigenvalue weighted by molar-refractivity contribution is 7.18. The van der Waals surface area contributed by atoms with Crippen LogP contribution < -0.4 is 9.64 Å². The molecule has 3 aliphatic heterocycles. The van der Waals surface area contributed by atoms with Crippen LogP contribution in [0.25, 0.3) is 32.6 Å². The third-order valence-electron chi connectivity index (χ3n) is 9.82. The fourth-order valence-corrected chi connectivity index (χ4v) is 8.44. The lowest BCUT2D eigenvalue weighted by Gasteiger charge is -2.55. The summed E-state index contributed by atoms with van der Waals surface area (Å²) in [6.45, 7) is 11.4. The number of likely N-dealkylation sites (tertiary alicyclic amines) is 1. The van der Waals surface area contributed by atoms with Crippen LogP contribution in [0.3, 0.4) is 0 Å². The van der Waals surface area contributed by atoms with Gasteiger partial charge in [0.25, 0.3) is 0 Å². The molecule has 2 saturated heterocycles. The molecule has 6 heterocycles. The van der Waals surface area contributed by atoms with Gasteiger partial charge in [-0.3, -0.25) is 14.3 Å². The second-order valence-electron chi connectivity index (χ2n) is 12.9. The first-order valence-corrected chi connectivity index (χ1v) is 17.0. The summed E-state index contributed by atoms with van der Waals surface area (Å²) < 4.78 is 44.5. The van der Waals surface area contributed by atoms with Crippen molar-refractivity contribution in [1.82, 2.24) is 24.6 Å². The third kappa shape index (κ3) is 5.52. The highest BCUT2D eigenvalue weighted by Crippen LogP contribution is 2.50. The number of methoxy groups -OCH3 is 1. The Labute approximate surface area is 281 Å². The van der Waals surface area contributed by atoms with Gasteiger partial charge < -0.3 is 24.2 Å². The van der Waals surface area contributed by atoms with Crippen molar-refractivity contribution >= 4 is 39.1 Å². The van der Waals surface area contributed by atoms with Gasteiger partial charge in [0, 0.05) is 80.0 Å². The molecule has 252 valence electrons. The molecular formula is C35H38F2N6O4S. The van der Waals surface area contributed by atoms with Crippen molar-refractivity contribution in [2.45, 2.75) is 39.3 Å². The minimum Gasteiger partial charge on any atom is -0.490 e. The molecule has 1 atom stereocenters. The number of fused-ring (bicyclic) bond motifs is 2. The van der Waals surface area contributed by atoms with E-state index in [-0.39, 0.29) is 47.8 Å². The van der Waals surface area contributed by atoms with E-state index in [0.717, 1.165) is 60.1 Å². The number of carbonyl (C=O) groups excluding carboxylic acids is 2. The molecule has 0 radical (unpaired) electrons. The molecule has 2 fully saturated rings. The van der Waals surface area contributed by atoms with Crippen LogP contribution >= 0.6 is 11.3 Å². The number of hydrogen-bond donors (Lipinski definition) is 0. The Morgan fingerprint density at radius 1 is 1.12 bits per heavy atom. The molecule has 13 heteroatoms. The molecule has 0 saturated carbocycles. The van der Waals surface area contributed by atoms with E-state index in [1.54, 1.807) is 11.8 Å². The van der Waals surface area contributed by atoms with E-state index in [2.05, 4.69) is 11.5 Å². The van der Waals surface area contributed by atoms with E-state index in [9.17, 15) is 14.0 Å². The monoisotopic (exact) mass is 676 g/mol. The number of aromatic nitrogens is 3. The number of rotatable bonds is 8. The predicted molar refractivity (Wildman–Crippen MR) is 180 cm³/mol. The molecule has 0 unspecified atom stereocenters. The number of piperidine rings is 1. The Morgan fingerprint density at radius 3 is 2.69 bits per heavy atom. The van der Waals surface area contributed by atoms with Crippen LogP contribution in [0.1, 0.15) is 38.4 Å². The van der Waals surface area contributed by atoms with Gasteiger partial charge in [0.15, 0.2) is 0 Å². The summed E-state index contributed by atoms with van der Waals surface area (Å²) in [4.78, 5) is 36.0. The van der Waals surface area contributed by atoms with Gasteiger partial charge in [-0.25, -0.2) is 13.8 Å². The lowest BCUT2D eigenvalue weighted by molar-refractivity contribution is -0.133.